The second-order valence-electron chi connectivity index (χ2n) is 7.13. The van der Waals surface area contributed by atoms with Gasteiger partial charge in [-0.15, -0.1) is 5.06 Å². The van der Waals surface area contributed by atoms with Crippen molar-refractivity contribution < 1.29 is 19.2 Å². The first-order chi connectivity index (χ1) is 10.6. The number of primary amides is 1. The Kier molecular flexibility index (Phi) is 4.66. The van der Waals surface area contributed by atoms with Gasteiger partial charge >= 0.3 is 12.1 Å². The molecule has 2 rings (SSSR count). The van der Waals surface area contributed by atoms with Crippen LogP contribution in [0.25, 0.3) is 0 Å². The van der Waals surface area contributed by atoms with Crippen LogP contribution in [0.3, 0.4) is 0 Å². The molecule has 0 spiro atoms. The highest BCUT2D eigenvalue weighted by Crippen LogP contribution is 2.39. The molecule has 1 heterocycles. The number of hydrogen-bond acceptors (Lipinski definition) is 5. The van der Waals surface area contributed by atoms with Crippen molar-refractivity contribution in [1.82, 2.24) is 5.06 Å². The highest BCUT2D eigenvalue weighted by molar-refractivity contribution is 5.89. The number of carbonyl (C=O) groups excluding carboxylic acids is 2. The fraction of sp³-hybridized carbons (Fsp3) is 0.529. The van der Waals surface area contributed by atoms with E-state index in [4.69, 9.17) is 15.3 Å². The lowest BCUT2D eigenvalue weighted by Crippen LogP contribution is -2.62. The third kappa shape index (κ3) is 4.01. The highest BCUT2D eigenvalue weighted by Gasteiger charge is 2.49. The van der Waals surface area contributed by atoms with E-state index in [0.717, 1.165) is 0 Å². The van der Waals surface area contributed by atoms with Crippen LogP contribution in [-0.2, 0) is 9.57 Å². The summed E-state index contributed by atoms with van der Waals surface area (Å²) in [7, 11) is 0. The summed E-state index contributed by atoms with van der Waals surface area (Å²) in [6.07, 6.45) is -0.0174. The van der Waals surface area contributed by atoms with Crippen LogP contribution in [0.5, 0.6) is 0 Å². The Labute approximate surface area is 136 Å². The topological polar surface area (TPSA) is 81.9 Å². The van der Waals surface area contributed by atoms with Crippen LogP contribution in [-0.4, -0.2) is 34.3 Å². The van der Waals surface area contributed by atoms with Gasteiger partial charge in [0.05, 0.1) is 16.6 Å². The van der Waals surface area contributed by atoms with Crippen LogP contribution in [0, 0.1) is 0 Å². The quantitative estimate of drug-likeness (QED) is 0.866. The minimum Gasteiger partial charge on any atom is -0.459 e. The van der Waals surface area contributed by atoms with Crippen molar-refractivity contribution in [1.29, 1.82) is 0 Å². The predicted octanol–water partition coefficient (Wildman–Crippen LogP) is 2.88. The van der Waals surface area contributed by atoms with Crippen LogP contribution in [0.2, 0.25) is 0 Å². The summed E-state index contributed by atoms with van der Waals surface area (Å²) in [5, 5.41) is 1.61. The first-order valence-electron chi connectivity index (χ1n) is 7.65. The second-order valence-corrected chi connectivity index (χ2v) is 7.13. The number of hydrogen-bond donors (Lipinski definition) is 1. The normalized spacial score (nSPS) is 20.7. The number of amides is 1. The molecule has 0 unspecified atom stereocenters. The van der Waals surface area contributed by atoms with E-state index in [2.05, 4.69) is 0 Å². The zero-order valence-electron chi connectivity index (χ0n) is 14.0. The maximum absolute atomic E-state index is 12.3. The Bertz CT molecular complexity index is 566. The van der Waals surface area contributed by atoms with E-state index in [1.807, 2.05) is 33.8 Å². The lowest BCUT2D eigenvalue weighted by Gasteiger charge is -2.52. The molecule has 1 aliphatic heterocycles. The molecule has 1 amide bonds. The Balaban J connectivity index is 2.12. The van der Waals surface area contributed by atoms with Gasteiger partial charge in [-0.1, -0.05) is 18.2 Å². The summed E-state index contributed by atoms with van der Waals surface area (Å²) in [5.41, 5.74) is 4.69. The molecule has 0 aliphatic carbocycles. The highest BCUT2D eigenvalue weighted by atomic mass is 16.7. The molecule has 6 nitrogen and oxygen atoms in total. The van der Waals surface area contributed by atoms with Gasteiger partial charge in [-0.25, -0.2) is 9.59 Å². The van der Waals surface area contributed by atoms with Crippen LogP contribution in [0.4, 0.5) is 4.79 Å². The maximum atomic E-state index is 12.3. The Morgan fingerprint density at radius 3 is 2.09 bits per heavy atom. The molecule has 126 valence electrons. The van der Waals surface area contributed by atoms with Crippen molar-refractivity contribution in [3.05, 3.63) is 35.9 Å². The molecule has 1 fully saturated rings. The molecule has 0 atom stereocenters. The van der Waals surface area contributed by atoms with Gasteiger partial charge in [-0.3, -0.25) is 0 Å². The lowest BCUT2D eigenvalue weighted by atomic mass is 9.80. The van der Waals surface area contributed by atoms with E-state index in [1.165, 1.54) is 0 Å². The minimum atomic E-state index is -0.842. The number of benzene rings is 1. The van der Waals surface area contributed by atoms with E-state index in [9.17, 15) is 9.59 Å². The van der Waals surface area contributed by atoms with Gasteiger partial charge in [0.25, 0.3) is 0 Å². The second kappa shape index (κ2) is 6.20. The van der Waals surface area contributed by atoms with Crippen LogP contribution in [0.1, 0.15) is 50.9 Å². The first-order valence-corrected chi connectivity index (χ1v) is 7.65. The van der Waals surface area contributed by atoms with Crippen molar-refractivity contribution in [2.45, 2.75) is 57.7 Å². The molecule has 23 heavy (non-hydrogen) atoms. The van der Waals surface area contributed by atoms with E-state index in [0.29, 0.717) is 18.4 Å². The number of nitrogens with zero attached hydrogens (tertiary/aromatic N) is 1. The Hall–Kier alpha value is -2.08. The average Bonchev–Trinajstić information content (AvgIpc) is 2.43. The van der Waals surface area contributed by atoms with Crippen LogP contribution in [0.15, 0.2) is 30.3 Å². The SMILES string of the molecule is CC1(C)CC(OC(=O)c2ccccc2)CC(C)(C)N1OC(N)=O. The van der Waals surface area contributed by atoms with Crippen molar-refractivity contribution in [3.8, 4) is 0 Å². The van der Waals surface area contributed by atoms with Gasteiger partial charge in [0.2, 0.25) is 0 Å². The summed E-state index contributed by atoms with van der Waals surface area (Å²) in [6, 6.07) is 8.90. The molecule has 2 N–H and O–H groups in total. The Morgan fingerprint density at radius 1 is 1.09 bits per heavy atom. The lowest BCUT2D eigenvalue weighted by molar-refractivity contribution is -0.252. The summed E-state index contributed by atoms with van der Waals surface area (Å²) in [4.78, 5) is 28.6. The molecule has 0 saturated carbocycles. The third-order valence-electron chi connectivity index (χ3n) is 4.02. The van der Waals surface area contributed by atoms with Gasteiger partial charge in [0.1, 0.15) is 6.10 Å². The number of rotatable bonds is 3. The van der Waals surface area contributed by atoms with Crippen molar-refractivity contribution in [3.63, 3.8) is 0 Å². The standard InChI is InChI=1S/C17H24N2O4/c1-16(2)10-13(11-17(3,4)19(16)23-15(18)21)22-14(20)12-8-6-5-7-9-12/h5-9,13H,10-11H2,1-4H3,(H2,18,21). The molecular formula is C17H24N2O4. The molecule has 1 aliphatic rings. The van der Waals surface area contributed by atoms with Gasteiger partial charge < -0.3 is 15.3 Å². The fourth-order valence-corrected chi connectivity index (χ4v) is 3.39. The predicted molar refractivity (Wildman–Crippen MR) is 85.5 cm³/mol. The summed E-state index contributed by atoms with van der Waals surface area (Å²) < 4.78 is 5.66. The number of carbonyl (C=O) groups is 2. The van der Waals surface area contributed by atoms with Crippen LogP contribution >= 0.6 is 0 Å². The molecule has 0 bridgehead atoms. The van der Waals surface area contributed by atoms with Crippen LogP contribution < -0.4 is 5.73 Å². The number of nitrogens with two attached hydrogens (primary N) is 1. The van der Waals surface area contributed by atoms with Crippen molar-refractivity contribution in [2.24, 2.45) is 5.73 Å². The summed E-state index contributed by atoms with van der Waals surface area (Å²) in [5.74, 6) is -0.341. The van der Waals surface area contributed by atoms with Gasteiger partial charge in [-0.05, 0) is 39.8 Å². The smallest absolute Gasteiger partial charge is 0.423 e. The first kappa shape index (κ1) is 17.3. The molecule has 6 heteroatoms. The minimum absolute atomic E-state index is 0.263. The fourth-order valence-electron chi connectivity index (χ4n) is 3.39. The van der Waals surface area contributed by atoms with Crippen molar-refractivity contribution >= 4 is 12.1 Å². The zero-order valence-corrected chi connectivity index (χ0v) is 14.0. The molecule has 1 saturated heterocycles. The molecule has 0 radical (unpaired) electrons. The van der Waals surface area contributed by atoms with E-state index < -0.39 is 17.2 Å². The molecule has 1 aromatic carbocycles. The van der Waals surface area contributed by atoms with Gasteiger partial charge in [0.15, 0.2) is 0 Å². The van der Waals surface area contributed by atoms with E-state index in [-0.39, 0.29) is 12.1 Å². The van der Waals surface area contributed by atoms with E-state index in [1.54, 1.807) is 29.3 Å². The average molecular weight is 320 g/mol. The van der Waals surface area contributed by atoms with E-state index >= 15 is 0 Å². The van der Waals surface area contributed by atoms with Crippen molar-refractivity contribution in [2.75, 3.05) is 0 Å². The number of hydroxylamine groups is 2. The molecular weight excluding hydrogens is 296 g/mol. The zero-order chi connectivity index (χ0) is 17.3. The van der Waals surface area contributed by atoms with Gasteiger partial charge in [-0.2, -0.15) is 0 Å². The van der Waals surface area contributed by atoms with Gasteiger partial charge in [0, 0.05) is 12.8 Å². The monoisotopic (exact) mass is 320 g/mol. The molecule has 0 aromatic heterocycles. The Morgan fingerprint density at radius 2 is 1.61 bits per heavy atom. The third-order valence-corrected chi connectivity index (χ3v) is 4.02. The molecule has 1 aromatic rings. The summed E-state index contributed by atoms with van der Waals surface area (Å²) in [6.45, 7) is 7.72. The largest absolute Gasteiger partial charge is 0.459 e. The number of esters is 1. The number of piperidine rings is 1. The summed E-state index contributed by atoms with van der Waals surface area (Å²) >= 11 is 0. The number of ether oxygens (including phenoxy) is 1. The maximum Gasteiger partial charge on any atom is 0.423 e.